The van der Waals surface area contributed by atoms with Crippen molar-refractivity contribution < 1.29 is 28.5 Å². The molecule has 0 amide bonds. The molecule has 0 saturated carbocycles. The Balaban J connectivity index is 1.89. The van der Waals surface area contributed by atoms with Gasteiger partial charge in [0.15, 0.2) is 19.4 Å². The van der Waals surface area contributed by atoms with Gasteiger partial charge in [-0.3, -0.25) is 4.79 Å². The topological polar surface area (TPSA) is 63.2 Å². The van der Waals surface area contributed by atoms with E-state index in [1.54, 1.807) is 31.4 Å². The zero-order chi connectivity index (χ0) is 17.6. The van der Waals surface area contributed by atoms with Crippen LogP contribution in [-0.4, -0.2) is 39.9 Å². The molecule has 6 nitrogen and oxygen atoms in total. The molecule has 6 heteroatoms. The number of methoxy groups -OCH3 is 2. The van der Waals surface area contributed by atoms with E-state index in [2.05, 4.69) is 0 Å². The summed E-state index contributed by atoms with van der Waals surface area (Å²) < 4.78 is 26.7. The highest BCUT2D eigenvalue weighted by atomic mass is 16.7. The number of hydrogen-bond acceptors (Lipinski definition) is 6. The summed E-state index contributed by atoms with van der Waals surface area (Å²) in [6, 6.07) is 14.4. The van der Waals surface area contributed by atoms with E-state index in [1.807, 2.05) is 24.3 Å². The minimum absolute atomic E-state index is 0.0334. The van der Waals surface area contributed by atoms with Gasteiger partial charge in [0.25, 0.3) is 0 Å². The van der Waals surface area contributed by atoms with Crippen LogP contribution < -0.4 is 9.47 Å². The van der Waals surface area contributed by atoms with Crippen molar-refractivity contribution in [2.24, 2.45) is 0 Å². The fraction of sp³-hybridized carbons (Fsp3) is 0.316. The predicted molar refractivity (Wildman–Crippen MR) is 89.8 cm³/mol. The minimum atomic E-state index is -0.756. The van der Waals surface area contributed by atoms with E-state index >= 15 is 0 Å². The Labute approximate surface area is 146 Å². The molecule has 2 atom stereocenters. The maximum atomic E-state index is 13.0. The highest BCUT2D eigenvalue weighted by molar-refractivity contribution is 6.04. The Morgan fingerprint density at radius 2 is 1.68 bits per heavy atom. The summed E-state index contributed by atoms with van der Waals surface area (Å²) in [4.78, 5) is 13.0. The highest BCUT2D eigenvalue weighted by Gasteiger charge is 2.39. The Morgan fingerprint density at radius 1 is 0.960 bits per heavy atom. The summed E-state index contributed by atoms with van der Waals surface area (Å²) in [6.45, 7) is 0.198. The molecule has 2 aromatic carbocycles. The largest absolute Gasteiger partial charge is 0.468 e. The molecule has 0 fully saturated rings. The Kier molecular flexibility index (Phi) is 5.65. The van der Waals surface area contributed by atoms with Gasteiger partial charge in [0.2, 0.25) is 6.29 Å². The number of para-hydroxylation sites is 1. The molecule has 0 bridgehead atoms. The van der Waals surface area contributed by atoms with Gasteiger partial charge < -0.3 is 23.7 Å². The second kappa shape index (κ2) is 8.11. The van der Waals surface area contributed by atoms with Crippen molar-refractivity contribution in [1.82, 2.24) is 0 Å². The molecule has 0 N–H and O–H groups in total. The zero-order valence-corrected chi connectivity index (χ0v) is 14.1. The van der Waals surface area contributed by atoms with Gasteiger partial charge in [0.05, 0.1) is 5.56 Å². The van der Waals surface area contributed by atoms with E-state index in [0.717, 1.165) is 5.56 Å². The first-order valence-corrected chi connectivity index (χ1v) is 7.86. The molecule has 1 aliphatic rings. The van der Waals surface area contributed by atoms with E-state index in [-0.39, 0.29) is 19.4 Å². The lowest BCUT2D eigenvalue weighted by molar-refractivity contribution is -0.155. The van der Waals surface area contributed by atoms with Crippen LogP contribution in [0.2, 0.25) is 0 Å². The molecule has 3 rings (SSSR count). The number of benzene rings is 2. The van der Waals surface area contributed by atoms with Crippen molar-refractivity contribution in [3.63, 3.8) is 0 Å². The summed E-state index contributed by atoms with van der Waals surface area (Å²) in [5.74, 6) is 0.546. The van der Waals surface area contributed by atoms with Crippen LogP contribution in [0.1, 0.15) is 21.8 Å². The maximum Gasteiger partial charge on any atom is 0.216 e. The number of fused-ring (bicyclic) bond motifs is 1. The number of Topliss-reactive ketones (excluding diaryl/α,β-unsaturated/α-hetero) is 1. The zero-order valence-electron chi connectivity index (χ0n) is 14.1. The number of ketones is 1. The quantitative estimate of drug-likeness (QED) is 0.720. The summed E-state index contributed by atoms with van der Waals surface area (Å²) >= 11 is 0. The number of carbonyl (C=O) groups is 1. The summed E-state index contributed by atoms with van der Waals surface area (Å²) in [6.07, 6.45) is -0.756. The van der Waals surface area contributed by atoms with Crippen LogP contribution in [-0.2, 0) is 14.2 Å². The molecule has 2 aromatic rings. The first-order chi connectivity index (χ1) is 12.2. The predicted octanol–water partition coefficient (Wildman–Crippen LogP) is 2.97. The number of carbonyl (C=O) groups excluding carboxylic acids is 1. The first kappa shape index (κ1) is 17.4. The van der Waals surface area contributed by atoms with Crippen LogP contribution in [0.25, 0.3) is 0 Å². The van der Waals surface area contributed by atoms with E-state index in [9.17, 15) is 4.79 Å². The number of hydrogen-bond donors (Lipinski definition) is 0. The van der Waals surface area contributed by atoms with Gasteiger partial charge in [-0.15, -0.1) is 0 Å². The molecule has 0 aliphatic carbocycles. The van der Waals surface area contributed by atoms with Crippen molar-refractivity contribution in [1.29, 1.82) is 0 Å². The lowest BCUT2D eigenvalue weighted by Crippen LogP contribution is -2.38. The van der Waals surface area contributed by atoms with Gasteiger partial charge in [0.1, 0.15) is 17.4 Å². The lowest BCUT2D eigenvalue weighted by Gasteiger charge is -2.32. The first-order valence-electron chi connectivity index (χ1n) is 7.86. The van der Waals surface area contributed by atoms with Gasteiger partial charge in [-0.2, -0.15) is 0 Å². The molecule has 25 heavy (non-hydrogen) atoms. The number of rotatable bonds is 7. The molecular formula is C19H20O6. The van der Waals surface area contributed by atoms with Crippen molar-refractivity contribution in [3.05, 3.63) is 59.7 Å². The van der Waals surface area contributed by atoms with Gasteiger partial charge in [0, 0.05) is 14.2 Å². The monoisotopic (exact) mass is 344 g/mol. The van der Waals surface area contributed by atoms with Crippen molar-refractivity contribution in [3.8, 4) is 11.5 Å². The third-order valence-electron chi connectivity index (χ3n) is 3.88. The normalized spacial score (nSPS) is 19.2. The number of ether oxygens (including phenoxy) is 5. The molecule has 0 spiro atoms. The summed E-state index contributed by atoms with van der Waals surface area (Å²) in [5.41, 5.74) is 1.33. The Bertz CT molecular complexity index is 712. The molecule has 1 heterocycles. The van der Waals surface area contributed by atoms with Crippen LogP contribution >= 0.6 is 0 Å². The van der Waals surface area contributed by atoms with Gasteiger partial charge in [-0.1, -0.05) is 24.3 Å². The third kappa shape index (κ3) is 3.82. The molecule has 2 unspecified atom stereocenters. The van der Waals surface area contributed by atoms with E-state index in [0.29, 0.717) is 17.1 Å². The van der Waals surface area contributed by atoms with E-state index in [4.69, 9.17) is 23.7 Å². The maximum absolute atomic E-state index is 13.0. The molecule has 0 aromatic heterocycles. The smallest absolute Gasteiger partial charge is 0.216 e. The summed E-state index contributed by atoms with van der Waals surface area (Å²) in [7, 11) is 3.08. The van der Waals surface area contributed by atoms with E-state index in [1.165, 1.54) is 7.11 Å². The second-order valence-electron chi connectivity index (χ2n) is 5.52. The van der Waals surface area contributed by atoms with Crippen LogP contribution in [0.5, 0.6) is 11.5 Å². The van der Waals surface area contributed by atoms with Crippen LogP contribution in [0.15, 0.2) is 48.5 Å². The molecule has 1 aliphatic heterocycles. The molecule has 132 valence electrons. The van der Waals surface area contributed by atoms with Crippen LogP contribution in [0.4, 0.5) is 0 Å². The SMILES string of the molecule is COCOc1ccc(C2C(=O)c3ccccc3OC2OCOC)cc1. The third-order valence-corrected chi connectivity index (χ3v) is 3.88. The summed E-state index contributed by atoms with van der Waals surface area (Å²) in [5, 5.41) is 0. The van der Waals surface area contributed by atoms with E-state index < -0.39 is 12.2 Å². The van der Waals surface area contributed by atoms with Crippen LogP contribution in [0, 0.1) is 0 Å². The van der Waals surface area contributed by atoms with Crippen molar-refractivity contribution in [2.45, 2.75) is 12.2 Å². The standard InChI is InChI=1S/C19H20O6/c1-21-11-23-14-9-7-13(8-10-14)17-18(20)15-5-3-4-6-16(15)25-19(17)24-12-22-2/h3-10,17,19H,11-12H2,1-2H3. The van der Waals surface area contributed by atoms with Crippen molar-refractivity contribution >= 4 is 5.78 Å². The highest BCUT2D eigenvalue weighted by Crippen LogP contribution is 2.37. The van der Waals surface area contributed by atoms with Crippen molar-refractivity contribution in [2.75, 3.05) is 27.8 Å². The lowest BCUT2D eigenvalue weighted by atomic mass is 9.87. The molecular weight excluding hydrogens is 324 g/mol. The van der Waals surface area contributed by atoms with Crippen LogP contribution in [0.3, 0.4) is 0 Å². The fourth-order valence-corrected chi connectivity index (χ4v) is 2.73. The minimum Gasteiger partial charge on any atom is -0.468 e. The van der Waals surface area contributed by atoms with Gasteiger partial charge in [-0.25, -0.2) is 0 Å². The molecule has 0 saturated heterocycles. The molecule has 0 radical (unpaired) electrons. The van der Waals surface area contributed by atoms with Gasteiger partial charge >= 0.3 is 0 Å². The second-order valence-corrected chi connectivity index (χ2v) is 5.52. The Hall–Kier alpha value is -2.41. The fourth-order valence-electron chi connectivity index (χ4n) is 2.73. The average Bonchev–Trinajstić information content (AvgIpc) is 2.65. The average molecular weight is 344 g/mol. The Morgan fingerprint density at radius 3 is 2.40 bits per heavy atom. The van der Waals surface area contributed by atoms with Gasteiger partial charge in [-0.05, 0) is 29.8 Å².